The minimum atomic E-state index is -1.01. The third kappa shape index (κ3) is 2.96. The summed E-state index contributed by atoms with van der Waals surface area (Å²) >= 11 is 0. The highest BCUT2D eigenvalue weighted by Gasteiger charge is 2.39. The highest BCUT2D eigenvalue weighted by molar-refractivity contribution is 5.34. The lowest BCUT2D eigenvalue weighted by molar-refractivity contribution is -0.0263. The van der Waals surface area contributed by atoms with Gasteiger partial charge in [-0.3, -0.25) is 0 Å². The molecule has 6 heteroatoms. The Morgan fingerprint density at radius 3 is 2.65 bits per heavy atom. The van der Waals surface area contributed by atoms with Crippen LogP contribution in [0.5, 0.6) is 0 Å². The Balaban J connectivity index is 2.00. The van der Waals surface area contributed by atoms with E-state index in [-0.39, 0.29) is 30.3 Å². The van der Waals surface area contributed by atoms with Gasteiger partial charge in [-0.15, -0.1) is 0 Å². The standard InChI is InChI=1S/C14H16F2N2O2/c1-9-14(19,2-3-20-9)8-18-7-11-12(15)4-10(6-17)5-13(11)16/h4-5,9,18-19H,2-3,7-8H2,1H3. The smallest absolute Gasteiger partial charge is 0.131 e. The molecule has 0 bridgehead atoms. The first-order valence-corrected chi connectivity index (χ1v) is 6.39. The van der Waals surface area contributed by atoms with Crippen molar-refractivity contribution in [2.75, 3.05) is 13.2 Å². The SMILES string of the molecule is CC1OCCC1(O)CNCc1c(F)cc(C#N)cc1F. The number of nitrogens with one attached hydrogen (secondary N) is 1. The molecule has 0 aromatic heterocycles. The zero-order valence-electron chi connectivity index (χ0n) is 11.1. The van der Waals surface area contributed by atoms with Crippen LogP contribution in [0.15, 0.2) is 12.1 Å². The van der Waals surface area contributed by atoms with Crippen molar-refractivity contribution in [2.24, 2.45) is 0 Å². The first-order chi connectivity index (χ1) is 9.46. The van der Waals surface area contributed by atoms with E-state index in [0.717, 1.165) is 12.1 Å². The lowest BCUT2D eigenvalue weighted by Gasteiger charge is -2.26. The molecule has 1 aliphatic rings. The monoisotopic (exact) mass is 282 g/mol. The summed E-state index contributed by atoms with van der Waals surface area (Å²) in [5.74, 6) is -1.53. The number of rotatable bonds is 4. The summed E-state index contributed by atoms with van der Waals surface area (Å²) in [5, 5.41) is 21.7. The summed E-state index contributed by atoms with van der Waals surface area (Å²) in [6.45, 7) is 2.36. The predicted octanol–water partition coefficient (Wildman–Crippen LogP) is 1.47. The van der Waals surface area contributed by atoms with E-state index in [1.165, 1.54) is 0 Å². The summed E-state index contributed by atoms with van der Waals surface area (Å²) < 4.78 is 32.6. The van der Waals surface area contributed by atoms with E-state index >= 15 is 0 Å². The van der Waals surface area contributed by atoms with Crippen molar-refractivity contribution in [2.45, 2.75) is 31.6 Å². The zero-order valence-corrected chi connectivity index (χ0v) is 11.1. The topological polar surface area (TPSA) is 65.3 Å². The molecule has 1 aliphatic heterocycles. The Kier molecular flexibility index (Phi) is 4.33. The van der Waals surface area contributed by atoms with Crippen LogP contribution in [0.4, 0.5) is 8.78 Å². The number of nitrogens with zero attached hydrogens (tertiary/aromatic N) is 1. The van der Waals surface area contributed by atoms with Crippen LogP contribution in [0.2, 0.25) is 0 Å². The number of hydrogen-bond donors (Lipinski definition) is 2. The fraction of sp³-hybridized carbons (Fsp3) is 0.500. The highest BCUT2D eigenvalue weighted by atomic mass is 19.1. The van der Waals surface area contributed by atoms with Crippen LogP contribution in [-0.4, -0.2) is 30.0 Å². The fourth-order valence-electron chi connectivity index (χ4n) is 2.24. The maximum absolute atomic E-state index is 13.7. The summed E-state index contributed by atoms with van der Waals surface area (Å²) in [7, 11) is 0. The van der Waals surface area contributed by atoms with Crippen molar-refractivity contribution in [3.8, 4) is 6.07 Å². The van der Waals surface area contributed by atoms with Gasteiger partial charge in [0.25, 0.3) is 0 Å². The van der Waals surface area contributed by atoms with E-state index in [9.17, 15) is 13.9 Å². The zero-order chi connectivity index (χ0) is 14.8. The van der Waals surface area contributed by atoms with Gasteiger partial charge in [0.15, 0.2) is 0 Å². The molecule has 0 amide bonds. The van der Waals surface area contributed by atoms with Gasteiger partial charge in [-0.25, -0.2) is 8.78 Å². The van der Waals surface area contributed by atoms with Crippen LogP contribution in [0.3, 0.4) is 0 Å². The largest absolute Gasteiger partial charge is 0.386 e. The van der Waals surface area contributed by atoms with Crippen LogP contribution < -0.4 is 5.32 Å². The van der Waals surface area contributed by atoms with Crippen LogP contribution in [0, 0.1) is 23.0 Å². The van der Waals surface area contributed by atoms with Gasteiger partial charge >= 0.3 is 0 Å². The molecule has 2 N–H and O–H groups in total. The number of halogens is 2. The first-order valence-electron chi connectivity index (χ1n) is 6.39. The van der Waals surface area contributed by atoms with E-state index in [0.29, 0.717) is 13.0 Å². The van der Waals surface area contributed by atoms with Gasteiger partial charge in [0, 0.05) is 31.7 Å². The fourth-order valence-corrected chi connectivity index (χ4v) is 2.24. The van der Waals surface area contributed by atoms with E-state index in [2.05, 4.69) is 5.32 Å². The van der Waals surface area contributed by atoms with E-state index < -0.39 is 17.2 Å². The Bertz CT molecular complexity index is 521. The molecule has 4 nitrogen and oxygen atoms in total. The molecule has 1 aromatic rings. The molecule has 108 valence electrons. The molecule has 1 saturated heterocycles. The first kappa shape index (κ1) is 14.9. The number of hydrogen-bond acceptors (Lipinski definition) is 4. The molecular weight excluding hydrogens is 266 g/mol. The molecule has 1 heterocycles. The van der Waals surface area contributed by atoms with Crippen molar-refractivity contribution < 1.29 is 18.6 Å². The average Bonchev–Trinajstić information content (AvgIpc) is 2.73. The predicted molar refractivity (Wildman–Crippen MR) is 67.8 cm³/mol. The van der Waals surface area contributed by atoms with Gasteiger partial charge in [0.2, 0.25) is 0 Å². The lowest BCUT2D eigenvalue weighted by atomic mass is 9.96. The molecule has 0 spiro atoms. The number of benzene rings is 1. The minimum Gasteiger partial charge on any atom is -0.386 e. The Hall–Kier alpha value is -1.55. The number of nitriles is 1. The molecule has 2 unspecified atom stereocenters. The van der Waals surface area contributed by atoms with Gasteiger partial charge in [0.05, 0.1) is 17.7 Å². The molecule has 0 saturated carbocycles. The van der Waals surface area contributed by atoms with E-state index in [4.69, 9.17) is 10.00 Å². The van der Waals surface area contributed by atoms with Crippen molar-refractivity contribution in [1.82, 2.24) is 5.32 Å². The van der Waals surface area contributed by atoms with Gasteiger partial charge in [0.1, 0.15) is 17.2 Å². The van der Waals surface area contributed by atoms with Crippen molar-refractivity contribution in [3.63, 3.8) is 0 Å². The van der Waals surface area contributed by atoms with E-state index in [1.54, 1.807) is 13.0 Å². The minimum absolute atomic E-state index is 0.0554. The summed E-state index contributed by atoms with van der Waals surface area (Å²) in [5.41, 5.74) is -1.21. The second-order valence-electron chi connectivity index (χ2n) is 5.00. The molecule has 2 atom stereocenters. The molecule has 20 heavy (non-hydrogen) atoms. The van der Waals surface area contributed by atoms with Crippen LogP contribution >= 0.6 is 0 Å². The normalized spacial score (nSPS) is 25.6. The van der Waals surface area contributed by atoms with Crippen LogP contribution in [0.25, 0.3) is 0 Å². The van der Waals surface area contributed by atoms with Crippen molar-refractivity contribution in [1.29, 1.82) is 5.26 Å². The maximum Gasteiger partial charge on any atom is 0.131 e. The summed E-state index contributed by atoms with van der Waals surface area (Å²) in [4.78, 5) is 0. The Morgan fingerprint density at radius 1 is 1.50 bits per heavy atom. The van der Waals surface area contributed by atoms with Crippen LogP contribution in [0.1, 0.15) is 24.5 Å². The van der Waals surface area contributed by atoms with Gasteiger partial charge < -0.3 is 15.2 Å². The average molecular weight is 282 g/mol. The molecule has 0 aliphatic carbocycles. The Labute approximate surface area is 116 Å². The third-order valence-electron chi connectivity index (χ3n) is 3.66. The second-order valence-corrected chi connectivity index (χ2v) is 5.00. The molecular formula is C14H16F2N2O2. The number of aliphatic hydroxyl groups is 1. The third-order valence-corrected chi connectivity index (χ3v) is 3.66. The summed E-state index contributed by atoms with van der Waals surface area (Å²) in [6.07, 6.45) is 0.171. The quantitative estimate of drug-likeness (QED) is 0.877. The lowest BCUT2D eigenvalue weighted by Crippen LogP contribution is -2.45. The van der Waals surface area contributed by atoms with Crippen molar-refractivity contribution in [3.05, 3.63) is 34.9 Å². The second kappa shape index (κ2) is 5.83. The van der Waals surface area contributed by atoms with Crippen LogP contribution in [-0.2, 0) is 11.3 Å². The molecule has 1 aromatic carbocycles. The molecule has 1 fully saturated rings. The molecule has 0 radical (unpaired) electrons. The highest BCUT2D eigenvalue weighted by Crippen LogP contribution is 2.25. The maximum atomic E-state index is 13.7. The summed E-state index contributed by atoms with van der Waals surface area (Å²) in [6, 6.07) is 3.68. The Morgan fingerprint density at radius 2 is 2.15 bits per heavy atom. The number of ether oxygens (including phenoxy) is 1. The van der Waals surface area contributed by atoms with Crippen molar-refractivity contribution >= 4 is 0 Å². The molecule has 2 rings (SSSR count). The van der Waals surface area contributed by atoms with Gasteiger partial charge in [-0.1, -0.05) is 0 Å². The van der Waals surface area contributed by atoms with Gasteiger partial charge in [-0.2, -0.15) is 5.26 Å². The van der Waals surface area contributed by atoms with E-state index in [1.807, 2.05) is 0 Å². The van der Waals surface area contributed by atoms with Gasteiger partial charge in [-0.05, 0) is 19.1 Å².